The van der Waals surface area contributed by atoms with Crippen molar-refractivity contribution in [2.75, 3.05) is 6.54 Å². The van der Waals surface area contributed by atoms with Crippen LogP contribution >= 0.6 is 11.6 Å². The first-order valence-electron chi connectivity index (χ1n) is 8.88. The molecule has 140 valence electrons. The molecule has 0 atom stereocenters. The summed E-state index contributed by atoms with van der Waals surface area (Å²) in [5.74, 6) is -0.183. The van der Waals surface area contributed by atoms with Crippen LogP contribution in [0.3, 0.4) is 0 Å². The molecule has 4 aromatic rings. The largest absolute Gasteiger partial charge is 0.352 e. The molecule has 3 heterocycles. The molecule has 0 spiro atoms. The Balaban J connectivity index is 1.33. The second-order valence-electron chi connectivity index (χ2n) is 6.22. The Morgan fingerprint density at radius 1 is 1.14 bits per heavy atom. The van der Waals surface area contributed by atoms with E-state index in [1.54, 1.807) is 6.08 Å². The van der Waals surface area contributed by atoms with Gasteiger partial charge in [-0.3, -0.25) is 9.20 Å². The lowest BCUT2D eigenvalue weighted by Gasteiger charge is -2.01. The zero-order valence-corrected chi connectivity index (χ0v) is 15.8. The first-order chi connectivity index (χ1) is 13.7. The van der Waals surface area contributed by atoms with Crippen molar-refractivity contribution < 1.29 is 4.79 Å². The lowest BCUT2D eigenvalue weighted by atomic mass is 10.2. The van der Waals surface area contributed by atoms with Gasteiger partial charge in [0.15, 0.2) is 5.15 Å². The van der Waals surface area contributed by atoms with Gasteiger partial charge < -0.3 is 5.32 Å². The van der Waals surface area contributed by atoms with E-state index in [1.807, 2.05) is 76.2 Å². The Morgan fingerprint density at radius 3 is 2.82 bits per heavy atom. The van der Waals surface area contributed by atoms with Gasteiger partial charge in [-0.15, -0.1) is 0 Å². The monoisotopic (exact) mass is 391 g/mol. The Kier molecular flexibility index (Phi) is 5.21. The number of hydrogen-bond acceptors (Lipinski definition) is 3. The molecule has 3 aromatic heterocycles. The number of benzene rings is 1. The summed E-state index contributed by atoms with van der Waals surface area (Å²) < 4.78 is 3.66. The summed E-state index contributed by atoms with van der Waals surface area (Å²) in [5.41, 5.74) is 3.48. The van der Waals surface area contributed by atoms with Gasteiger partial charge in [0.1, 0.15) is 5.65 Å². The number of aromatic nitrogens is 4. The zero-order valence-electron chi connectivity index (χ0n) is 15.0. The van der Waals surface area contributed by atoms with Crippen molar-refractivity contribution in [1.82, 2.24) is 24.5 Å². The van der Waals surface area contributed by atoms with Crippen LogP contribution in [0.2, 0.25) is 5.15 Å². The van der Waals surface area contributed by atoms with Gasteiger partial charge in [0, 0.05) is 25.0 Å². The number of rotatable bonds is 6. The van der Waals surface area contributed by atoms with Gasteiger partial charge in [0.2, 0.25) is 5.91 Å². The maximum atomic E-state index is 12.1. The van der Waals surface area contributed by atoms with E-state index < -0.39 is 0 Å². The third kappa shape index (κ3) is 3.97. The maximum absolute atomic E-state index is 12.1. The summed E-state index contributed by atoms with van der Waals surface area (Å²) in [7, 11) is 0. The van der Waals surface area contributed by atoms with Gasteiger partial charge in [0.25, 0.3) is 0 Å². The molecule has 0 aliphatic rings. The topological polar surface area (TPSA) is 64.2 Å². The average molecular weight is 392 g/mol. The molecule has 0 aliphatic heterocycles. The van der Waals surface area contributed by atoms with Crippen LogP contribution in [0.1, 0.15) is 11.3 Å². The van der Waals surface area contributed by atoms with E-state index in [0.717, 1.165) is 16.9 Å². The van der Waals surface area contributed by atoms with E-state index in [9.17, 15) is 4.79 Å². The van der Waals surface area contributed by atoms with E-state index >= 15 is 0 Å². The first kappa shape index (κ1) is 18.0. The van der Waals surface area contributed by atoms with Crippen molar-refractivity contribution in [2.24, 2.45) is 0 Å². The number of para-hydroxylation sites is 1. The van der Waals surface area contributed by atoms with Gasteiger partial charge >= 0.3 is 0 Å². The molecule has 0 unspecified atom stereocenters. The third-order valence-electron chi connectivity index (χ3n) is 4.28. The molecule has 1 N–H and O–H groups in total. The van der Waals surface area contributed by atoms with Crippen molar-refractivity contribution in [1.29, 1.82) is 0 Å². The molecule has 0 fully saturated rings. The van der Waals surface area contributed by atoms with Crippen LogP contribution in [-0.4, -0.2) is 31.6 Å². The van der Waals surface area contributed by atoms with Gasteiger partial charge in [-0.1, -0.05) is 35.9 Å². The summed E-state index contributed by atoms with van der Waals surface area (Å²) >= 11 is 6.16. The lowest BCUT2D eigenvalue weighted by molar-refractivity contribution is -0.116. The minimum absolute atomic E-state index is 0.183. The molecule has 0 aliphatic carbocycles. The number of carbonyl (C=O) groups excluding carboxylic acids is 1. The molecule has 4 rings (SSSR count). The van der Waals surface area contributed by atoms with Gasteiger partial charge in [0.05, 0.1) is 17.6 Å². The number of nitrogens with zero attached hydrogens (tertiary/aromatic N) is 4. The highest BCUT2D eigenvalue weighted by molar-refractivity contribution is 6.31. The standard InChI is InChI=1S/C21H18ClN5O/c22-21-18(26-13-5-4-8-19(26)25-21)9-10-20(28)23-12-11-16-14-24-27(15-16)17-6-2-1-3-7-17/h1-10,13-15H,11-12H2,(H,23,28)/b10-9+. The molecule has 1 amide bonds. The predicted molar refractivity (Wildman–Crippen MR) is 110 cm³/mol. The quantitative estimate of drug-likeness (QED) is 0.511. The summed E-state index contributed by atoms with van der Waals surface area (Å²) in [6.07, 6.45) is 9.47. The molecule has 1 aromatic carbocycles. The van der Waals surface area contributed by atoms with E-state index in [-0.39, 0.29) is 5.91 Å². The Morgan fingerprint density at radius 2 is 1.96 bits per heavy atom. The predicted octanol–water partition coefficient (Wildman–Crippen LogP) is 3.55. The van der Waals surface area contributed by atoms with Crippen molar-refractivity contribution in [3.63, 3.8) is 0 Å². The van der Waals surface area contributed by atoms with Crippen molar-refractivity contribution in [3.05, 3.63) is 89.6 Å². The number of imidazole rings is 1. The second-order valence-corrected chi connectivity index (χ2v) is 6.58. The molecule has 7 heteroatoms. The van der Waals surface area contributed by atoms with Crippen LogP contribution in [0.5, 0.6) is 0 Å². The number of nitrogens with one attached hydrogen (secondary N) is 1. The minimum Gasteiger partial charge on any atom is -0.352 e. The summed E-state index contributed by atoms with van der Waals surface area (Å²) in [6, 6.07) is 15.5. The first-order valence-corrected chi connectivity index (χ1v) is 9.26. The summed E-state index contributed by atoms with van der Waals surface area (Å²) in [5, 5.41) is 7.60. The number of halogens is 1. The number of hydrogen-bond donors (Lipinski definition) is 1. The Bertz CT molecular complexity index is 1130. The van der Waals surface area contributed by atoms with E-state index in [4.69, 9.17) is 11.6 Å². The van der Waals surface area contributed by atoms with Crippen LogP contribution in [0, 0.1) is 0 Å². The molecule has 0 radical (unpaired) electrons. The highest BCUT2D eigenvalue weighted by atomic mass is 35.5. The number of carbonyl (C=O) groups is 1. The Hall–Kier alpha value is -3.38. The molecule has 28 heavy (non-hydrogen) atoms. The summed E-state index contributed by atoms with van der Waals surface area (Å²) in [4.78, 5) is 16.4. The smallest absolute Gasteiger partial charge is 0.244 e. The summed E-state index contributed by atoms with van der Waals surface area (Å²) in [6.45, 7) is 0.518. The lowest BCUT2D eigenvalue weighted by Crippen LogP contribution is -2.23. The molecule has 0 saturated heterocycles. The highest BCUT2D eigenvalue weighted by Gasteiger charge is 2.07. The van der Waals surface area contributed by atoms with E-state index in [1.165, 1.54) is 6.08 Å². The van der Waals surface area contributed by atoms with Crippen LogP contribution in [0.15, 0.2) is 73.2 Å². The van der Waals surface area contributed by atoms with Crippen LogP contribution < -0.4 is 5.32 Å². The number of pyridine rings is 1. The highest BCUT2D eigenvalue weighted by Crippen LogP contribution is 2.18. The zero-order chi connectivity index (χ0) is 19.3. The Labute approximate surface area is 167 Å². The molecular weight excluding hydrogens is 374 g/mol. The fourth-order valence-corrected chi connectivity index (χ4v) is 3.13. The van der Waals surface area contributed by atoms with Gasteiger partial charge in [-0.2, -0.15) is 5.10 Å². The molecule has 0 saturated carbocycles. The van der Waals surface area contributed by atoms with E-state index in [0.29, 0.717) is 23.8 Å². The number of amides is 1. The van der Waals surface area contributed by atoms with Gasteiger partial charge in [-0.05, 0) is 42.3 Å². The number of fused-ring (bicyclic) bond motifs is 1. The van der Waals surface area contributed by atoms with Crippen LogP contribution in [-0.2, 0) is 11.2 Å². The van der Waals surface area contributed by atoms with Crippen LogP contribution in [0.25, 0.3) is 17.4 Å². The van der Waals surface area contributed by atoms with Crippen molar-refractivity contribution in [3.8, 4) is 5.69 Å². The molecule has 6 nitrogen and oxygen atoms in total. The molecular formula is C21H18ClN5O. The maximum Gasteiger partial charge on any atom is 0.244 e. The fourth-order valence-electron chi connectivity index (χ4n) is 2.89. The average Bonchev–Trinajstić information content (AvgIpc) is 3.31. The normalized spacial score (nSPS) is 11.3. The fraction of sp³-hybridized carbons (Fsp3) is 0.0952. The van der Waals surface area contributed by atoms with Gasteiger partial charge in [-0.25, -0.2) is 9.67 Å². The van der Waals surface area contributed by atoms with Crippen molar-refractivity contribution >= 4 is 29.2 Å². The van der Waals surface area contributed by atoms with Crippen molar-refractivity contribution in [2.45, 2.75) is 6.42 Å². The molecule has 0 bridgehead atoms. The van der Waals surface area contributed by atoms with Crippen LogP contribution in [0.4, 0.5) is 0 Å². The third-order valence-corrected chi connectivity index (χ3v) is 4.56. The second kappa shape index (κ2) is 8.10. The SMILES string of the molecule is O=C(/C=C/c1c(Cl)nc2ccccn12)NCCc1cnn(-c2ccccc2)c1. The minimum atomic E-state index is -0.183. The van der Waals surface area contributed by atoms with E-state index in [2.05, 4.69) is 15.4 Å².